The van der Waals surface area contributed by atoms with Gasteiger partial charge in [0.05, 0.1) is 7.11 Å². The number of methoxy groups -OCH3 is 1. The van der Waals surface area contributed by atoms with E-state index >= 15 is 0 Å². The fourth-order valence-electron chi connectivity index (χ4n) is 1.60. The first-order valence-corrected chi connectivity index (χ1v) is 6.10. The van der Waals surface area contributed by atoms with Crippen LogP contribution < -0.4 is 15.8 Å². The van der Waals surface area contributed by atoms with E-state index in [9.17, 15) is 0 Å². The Bertz CT molecular complexity index is 352. The van der Waals surface area contributed by atoms with Gasteiger partial charge in [0.25, 0.3) is 0 Å². The SMILES string of the molecule is COc1cccc(CNC(C)(CN)C(C)C)c1. The van der Waals surface area contributed by atoms with Gasteiger partial charge in [-0.05, 0) is 30.5 Å². The summed E-state index contributed by atoms with van der Waals surface area (Å²) in [7, 11) is 1.69. The van der Waals surface area contributed by atoms with Crippen molar-refractivity contribution >= 4 is 0 Å². The summed E-state index contributed by atoms with van der Waals surface area (Å²) >= 11 is 0. The fraction of sp³-hybridized carbons (Fsp3) is 0.571. The van der Waals surface area contributed by atoms with E-state index in [1.165, 1.54) is 5.56 Å². The lowest BCUT2D eigenvalue weighted by molar-refractivity contribution is 0.267. The molecule has 1 rings (SSSR count). The van der Waals surface area contributed by atoms with Crippen molar-refractivity contribution in [2.24, 2.45) is 11.7 Å². The molecule has 1 unspecified atom stereocenters. The van der Waals surface area contributed by atoms with Gasteiger partial charge in [-0.1, -0.05) is 26.0 Å². The summed E-state index contributed by atoms with van der Waals surface area (Å²) in [5, 5.41) is 3.53. The van der Waals surface area contributed by atoms with Crippen LogP contribution in [0.25, 0.3) is 0 Å². The summed E-state index contributed by atoms with van der Waals surface area (Å²) in [6.45, 7) is 7.98. The van der Waals surface area contributed by atoms with Crippen molar-refractivity contribution in [3.05, 3.63) is 29.8 Å². The van der Waals surface area contributed by atoms with Crippen LogP contribution in [0.5, 0.6) is 5.75 Å². The largest absolute Gasteiger partial charge is 0.497 e. The second kappa shape index (κ2) is 6.03. The van der Waals surface area contributed by atoms with Crippen LogP contribution in [0.1, 0.15) is 26.3 Å². The molecule has 3 heteroatoms. The van der Waals surface area contributed by atoms with Gasteiger partial charge in [-0.15, -0.1) is 0 Å². The molecule has 0 spiro atoms. The average Bonchev–Trinajstić information content (AvgIpc) is 2.36. The standard InChI is InChI=1S/C14H24N2O/c1-11(2)14(3,10-15)16-9-12-6-5-7-13(8-12)17-4/h5-8,11,16H,9-10,15H2,1-4H3. The predicted molar refractivity (Wildman–Crippen MR) is 72.1 cm³/mol. The number of hydrogen-bond donors (Lipinski definition) is 2. The molecule has 3 N–H and O–H groups in total. The van der Waals surface area contributed by atoms with E-state index in [1.807, 2.05) is 18.2 Å². The minimum Gasteiger partial charge on any atom is -0.497 e. The second-order valence-electron chi connectivity index (χ2n) is 4.98. The van der Waals surface area contributed by atoms with Gasteiger partial charge in [0.1, 0.15) is 5.75 Å². The third-order valence-corrected chi connectivity index (χ3v) is 3.53. The molecular weight excluding hydrogens is 212 g/mol. The molecule has 3 nitrogen and oxygen atoms in total. The van der Waals surface area contributed by atoms with Crippen molar-refractivity contribution in [2.45, 2.75) is 32.9 Å². The minimum atomic E-state index is -0.0247. The summed E-state index contributed by atoms with van der Waals surface area (Å²) in [6, 6.07) is 8.09. The van der Waals surface area contributed by atoms with E-state index < -0.39 is 0 Å². The van der Waals surface area contributed by atoms with Gasteiger partial charge in [0.2, 0.25) is 0 Å². The van der Waals surface area contributed by atoms with Crippen LogP contribution in [-0.2, 0) is 6.54 Å². The summed E-state index contributed by atoms with van der Waals surface area (Å²) in [6.07, 6.45) is 0. The van der Waals surface area contributed by atoms with E-state index in [1.54, 1.807) is 7.11 Å². The maximum atomic E-state index is 5.84. The van der Waals surface area contributed by atoms with Crippen LogP contribution in [0.3, 0.4) is 0 Å². The molecule has 0 radical (unpaired) electrons. The van der Waals surface area contributed by atoms with Gasteiger partial charge >= 0.3 is 0 Å². The zero-order valence-corrected chi connectivity index (χ0v) is 11.3. The first kappa shape index (κ1) is 14.0. The topological polar surface area (TPSA) is 47.3 Å². The maximum Gasteiger partial charge on any atom is 0.119 e. The fourth-order valence-corrected chi connectivity index (χ4v) is 1.60. The quantitative estimate of drug-likeness (QED) is 0.795. The summed E-state index contributed by atoms with van der Waals surface area (Å²) in [4.78, 5) is 0. The third-order valence-electron chi connectivity index (χ3n) is 3.53. The van der Waals surface area contributed by atoms with Gasteiger partial charge in [0.15, 0.2) is 0 Å². The molecule has 1 atom stereocenters. The highest BCUT2D eigenvalue weighted by Crippen LogP contribution is 2.17. The first-order chi connectivity index (χ1) is 8.01. The monoisotopic (exact) mass is 236 g/mol. The van der Waals surface area contributed by atoms with E-state index in [0.717, 1.165) is 12.3 Å². The molecule has 0 fully saturated rings. The zero-order valence-electron chi connectivity index (χ0n) is 11.3. The molecule has 0 aliphatic heterocycles. The lowest BCUT2D eigenvalue weighted by atomic mass is 9.88. The van der Waals surface area contributed by atoms with Crippen LogP contribution in [0.4, 0.5) is 0 Å². The zero-order chi connectivity index (χ0) is 12.9. The molecule has 0 saturated carbocycles. The second-order valence-corrected chi connectivity index (χ2v) is 4.98. The van der Waals surface area contributed by atoms with Crippen molar-refractivity contribution < 1.29 is 4.74 Å². The molecule has 0 aromatic heterocycles. The summed E-state index contributed by atoms with van der Waals surface area (Å²) in [5.74, 6) is 1.39. The first-order valence-electron chi connectivity index (χ1n) is 6.10. The molecule has 17 heavy (non-hydrogen) atoms. The van der Waals surface area contributed by atoms with Gasteiger partial charge < -0.3 is 15.8 Å². The molecule has 0 bridgehead atoms. The highest BCUT2D eigenvalue weighted by atomic mass is 16.5. The van der Waals surface area contributed by atoms with Crippen LogP contribution in [0, 0.1) is 5.92 Å². The van der Waals surface area contributed by atoms with Gasteiger partial charge in [0, 0.05) is 18.6 Å². The Morgan fingerprint density at radius 2 is 2.12 bits per heavy atom. The molecule has 1 aromatic rings. The molecular formula is C14H24N2O. The third kappa shape index (κ3) is 3.72. The molecule has 96 valence electrons. The molecule has 0 heterocycles. The van der Waals surface area contributed by atoms with E-state index in [2.05, 4.69) is 32.2 Å². The van der Waals surface area contributed by atoms with Crippen molar-refractivity contribution in [1.29, 1.82) is 0 Å². The highest BCUT2D eigenvalue weighted by molar-refractivity contribution is 5.28. The Kier molecular flexibility index (Phi) is 4.97. The Balaban J connectivity index is 2.65. The maximum absolute atomic E-state index is 5.84. The predicted octanol–water partition coefficient (Wildman–Crippen LogP) is 2.16. The number of benzene rings is 1. The number of nitrogens with two attached hydrogens (primary N) is 1. The Morgan fingerprint density at radius 1 is 1.41 bits per heavy atom. The lowest BCUT2D eigenvalue weighted by Crippen LogP contribution is -2.52. The van der Waals surface area contributed by atoms with Crippen LogP contribution >= 0.6 is 0 Å². The van der Waals surface area contributed by atoms with Gasteiger partial charge in [-0.25, -0.2) is 0 Å². The van der Waals surface area contributed by atoms with Gasteiger partial charge in [-0.2, -0.15) is 0 Å². The Labute approximate surface area is 104 Å². The smallest absolute Gasteiger partial charge is 0.119 e. The molecule has 0 saturated heterocycles. The van der Waals surface area contributed by atoms with Crippen molar-refractivity contribution in [3.8, 4) is 5.75 Å². The number of hydrogen-bond acceptors (Lipinski definition) is 3. The van der Waals surface area contributed by atoms with Crippen LogP contribution in [-0.4, -0.2) is 19.2 Å². The van der Waals surface area contributed by atoms with Gasteiger partial charge in [-0.3, -0.25) is 0 Å². The van der Waals surface area contributed by atoms with E-state index in [4.69, 9.17) is 10.5 Å². The Hall–Kier alpha value is -1.06. The van der Waals surface area contributed by atoms with Crippen LogP contribution in [0.15, 0.2) is 24.3 Å². The normalized spacial score (nSPS) is 14.7. The summed E-state index contributed by atoms with van der Waals surface area (Å²) < 4.78 is 5.21. The lowest BCUT2D eigenvalue weighted by Gasteiger charge is -2.34. The number of rotatable bonds is 6. The number of nitrogens with one attached hydrogen (secondary N) is 1. The minimum absolute atomic E-state index is 0.0247. The average molecular weight is 236 g/mol. The highest BCUT2D eigenvalue weighted by Gasteiger charge is 2.25. The van der Waals surface area contributed by atoms with E-state index in [0.29, 0.717) is 12.5 Å². The van der Waals surface area contributed by atoms with Crippen molar-refractivity contribution in [2.75, 3.05) is 13.7 Å². The van der Waals surface area contributed by atoms with Crippen molar-refractivity contribution in [3.63, 3.8) is 0 Å². The molecule has 0 aliphatic rings. The Morgan fingerprint density at radius 3 is 2.65 bits per heavy atom. The molecule has 0 aliphatic carbocycles. The van der Waals surface area contributed by atoms with Crippen LogP contribution in [0.2, 0.25) is 0 Å². The number of ether oxygens (including phenoxy) is 1. The molecule has 1 aromatic carbocycles. The summed E-state index contributed by atoms with van der Waals surface area (Å²) in [5.41, 5.74) is 7.03. The van der Waals surface area contributed by atoms with Crippen molar-refractivity contribution in [1.82, 2.24) is 5.32 Å². The molecule has 0 amide bonds. The van der Waals surface area contributed by atoms with E-state index in [-0.39, 0.29) is 5.54 Å².